The molecule has 1 aromatic heterocycles. The van der Waals surface area contributed by atoms with Crippen molar-refractivity contribution in [1.82, 2.24) is 0 Å². The van der Waals surface area contributed by atoms with Gasteiger partial charge in [-0.25, -0.2) is 4.79 Å². The third kappa shape index (κ3) is 1.69. The van der Waals surface area contributed by atoms with Gasteiger partial charge in [0, 0.05) is 23.4 Å². The summed E-state index contributed by atoms with van der Waals surface area (Å²) in [6.45, 7) is 0. The summed E-state index contributed by atoms with van der Waals surface area (Å²) in [5.41, 5.74) is 0.583. The van der Waals surface area contributed by atoms with Gasteiger partial charge in [0.15, 0.2) is 0 Å². The number of aldehydes is 1. The van der Waals surface area contributed by atoms with Crippen molar-refractivity contribution in [2.24, 2.45) is 0 Å². The summed E-state index contributed by atoms with van der Waals surface area (Å²) in [4.78, 5) is 21.7. The number of hydrogen-bond donors (Lipinski definition) is 0. The Labute approximate surface area is 91.4 Å². The van der Waals surface area contributed by atoms with Crippen LogP contribution in [-0.2, 0) is 11.2 Å². The average molecular weight is 218 g/mol. The zero-order valence-electron chi connectivity index (χ0n) is 8.73. The smallest absolute Gasteiger partial charge is 0.336 e. The Morgan fingerprint density at radius 2 is 2.06 bits per heavy atom. The topological polar surface area (TPSA) is 56.5 Å². The van der Waals surface area contributed by atoms with E-state index in [2.05, 4.69) is 0 Å². The minimum atomic E-state index is -0.437. The van der Waals surface area contributed by atoms with E-state index in [4.69, 9.17) is 9.15 Å². The first-order valence-electron chi connectivity index (χ1n) is 4.79. The summed E-state index contributed by atoms with van der Waals surface area (Å²) in [5, 5.41) is 0.775. The van der Waals surface area contributed by atoms with Gasteiger partial charge < -0.3 is 13.9 Å². The number of hydrogen-bond acceptors (Lipinski definition) is 4. The van der Waals surface area contributed by atoms with Crippen LogP contribution in [0.5, 0.6) is 5.75 Å². The normalized spacial score (nSPS) is 10.3. The molecule has 2 aromatic rings. The van der Waals surface area contributed by atoms with E-state index in [-0.39, 0.29) is 6.42 Å². The van der Waals surface area contributed by atoms with Crippen molar-refractivity contribution < 1.29 is 13.9 Å². The van der Waals surface area contributed by atoms with Crippen LogP contribution in [0.2, 0.25) is 0 Å². The molecule has 0 aliphatic carbocycles. The van der Waals surface area contributed by atoms with Crippen LogP contribution in [0.1, 0.15) is 5.56 Å². The van der Waals surface area contributed by atoms with Crippen molar-refractivity contribution >= 4 is 17.3 Å². The van der Waals surface area contributed by atoms with Crippen LogP contribution in [-0.4, -0.2) is 13.4 Å². The van der Waals surface area contributed by atoms with E-state index in [1.54, 1.807) is 18.2 Å². The van der Waals surface area contributed by atoms with Gasteiger partial charge in [-0.1, -0.05) is 0 Å². The van der Waals surface area contributed by atoms with E-state index in [0.717, 1.165) is 11.7 Å². The minimum Gasteiger partial charge on any atom is -0.496 e. The molecule has 2 rings (SSSR count). The van der Waals surface area contributed by atoms with E-state index in [1.165, 1.54) is 13.2 Å². The Morgan fingerprint density at radius 3 is 2.75 bits per heavy atom. The molecule has 0 saturated carbocycles. The largest absolute Gasteiger partial charge is 0.496 e. The van der Waals surface area contributed by atoms with Gasteiger partial charge in [0.25, 0.3) is 0 Å². The lowest BCUT2D eigenvalue weighted by atomic mass is 10.1. The standard InChI is InChI=1S/C12H10O4/c1-15-10-4-2-8-3-5-11(14)16-12(8)9(10)6-7-13/h2-5,7H,6H2,1H3. The number of benzene rings is 1. The van der Waals surface area contributed by atoms with E-state index in [1.807, 2.05) is 0 Å². The lowest BCUT2D eigenvalue weighted by Crippen LogP contribution is -1.99. The maximum atomic E-state index is 11.1. The van der Waals surface area contributed by atoms with Crippen LogP contribution in [0.3, 0.4) is 0 Å². The molecule has 0 atom stereocenters. The highest BCUT2D eigenvalue weighted by molar-refractivity contribution is 5.84. The number of carbonyl (C=O) groups is 1. The Kier molecular flexibility index (Phi) is 2.72. The third-order valence-corrected chi connectivity index (χ3v) is 2.36. The van der Waals surface area contributed by atoms with E-state index < -0.39 is 5.63 Å². The second kappa shape index (κ2) is 4.18. The molecule has 0 amide bonds. The predicted molar refractivity (Wildman–Crippen MR) is 58.8 cm³/mol. The first-order chi connectivity index (χ1) is 7.76. The van der Waals surface area contributed by atoms with Crippen molar-refractivity contribution in [3.8, 4) is 5.75 Å². The highest BCUT2D eigenvalue weighted by Gasteiger charge is 2.10. The molecule has 1 heterocycles. The van der Waals surface area contributed by atoms with E-state index >= 15 is 0 Å². The molecule has 0 aliphatic heterocycles. The van der Waals surface area contributed by atoms with Crippen molar-refractivity contribution in [3.05, 3.63) is 40.2 Å². The molecule has 0 unspecified atom stereocenters. The number of rotatable bonds is 3. The van der Waals surface area contributed by atoms with Gasteiger partial charge in [-0.3, -0.25) is 0 Å². The first kappa shape index (κ1) is 10.4. The molecule has 0 spiro atoms. The monoisotopic (exact) mass is 218 g/mol. The Balaban J connectivity index is 2.80. The highest BCUT2D eigenvalue weighted by Crippen LogP contribution is 2.26. The number of methoxy groups -OCH3 is 1. The van der Waals surface area contributed by atoms with Crippen molar-refractivity contribution in [2.75, 3.05) is 7.11 Å². The molecule has 0 aliphatic rings. The summed E-state index contributed by atoms with van der Waals surface area (Å²) in [6.07, 6.45) is 0.914. The van der Waals surface area contributed by atoms with Gasteiger partial charge in [-0.05, 0) is 18.2 Å². The Bertz CT molecular complexity index is 583. The fourth-order valence-corrected chi connectivity index (χ4v) is 1.64. The number of ether oxygens (including phenoxy) is 1. The molecular formula is C12H10O4. The van der Waals surface area contributed by atoms with E-state index in [9.17, 15) is 9.59 Å². The zero-order chi connectivity index (χ0) is 11.5. The molecule has 0 N–H and O–H groups in total. The molecular weight excluding hydrogens is 208 g/mol. The van der Waals surface area contributed by atoms with Crippen LogP contribution >= 0.6 is 0 Å². The van der Waals surface area contributed by atoms with Gasteiger partial charge in [0.05, 0.1) is 7.11 Å². The second-order valence-electron chi connectivity index (χ2n) is 3.29. The fraction of sp³-hybridized carbons (Fsp3) is 0.167. The van der Waals surface area contributed by atoms with Gasteiger partial charge in [-0.2, -0.15) is 0 Å². The predicted octanol–water partition coefficient (Wildman–Crippen LogP) is 1.54. The van der Waals surface area contributed by atoms with Crippen LogP contribution in [0.15, 0.2) is 33.5 Å². The maximum absolute atomic E-state index is 11.1. The highest BCUT2D eigenvalue weighted by atomic mass is 16.5. The third-order valence-electron chi connectivity index (χ3n) is 2.36. The molecule has 0 fully saturated rings. The van der Waals surface area contributed by atoms with E-state index in [0.29, 0.717) is 16.9 Å². The summed E-state index contributed by atoms with van der Waals surface area (Å²) < 4.78 is 10.2. The lowest BCUT2D eigenvalue weighted by Gasteiger charge is -2.07. The lowest BCUT2D eigenvalue weighted by molar-refractivity contribution is -0.107. The number of carbonyl (C=O) groups excluding carboxylic acids is 1. The zero-order valence-corrected chi connectivity index (χ0v) is 8.73. The fourth-order valence-electron chi connectivity index (χ4n) is 1.64. The molecule has 82 valence electrons. The van der Waals surface area contributed by atoms with Crippen LogP contribution in [0.4, 0.5) is 0 Å². The van der Waals surface area contributed by atoms with Gasteiger partial charge in [0.1, 0.15) is 17.6 Å². The Hall–Kier alpha value is -2.10. The molecule has 4 nitrogen and oxygen atoms in total. The van der Waals surface area contributed by atoms with Crippen molar-refractivity contribution in [1.29, 1.82) is 0 Å². The molecule has 16 heavy (non-hydrogen) atoms. The SMILES string of the molecule is COc1ccc2ccc(=O)oc2c1CC=O. The second-order valence-corrected chi connectivity index (χ2v) is 3.29. The van der Waals surface area contributed by atoms with Gasteiger partial charge in [0.2, 0.25) is 0 Å². The minimum absolute atomic E-state index is 0.160. The summed E-state index contributed by atoms with van der Waals surface area (Å²) in [5.74, 6) is 0.550. The van der Waals surface area contributed by atoms with Crippen LogP contribution in [0, 0.1) is 0 Å². The van der Waals surface area contributed by atoms with Crippen molar-refractivity contribution in [3.63, 3.8) is 0 Å². The summed E-state index contributed by atoms with van der Waals surface area (Å²) in [6, 6.07) is 6.54. The quantitative estimate of drug-likeness (QED) is 0.579. The molecule has 0 radical (unpaired) electrons. The average Bonchev–Trinajstić information content (AvgIpc) is 2.30. The number of fused-ring (bicyclic) bond motifs is 1. The van der Waals surface area contributed by atoms with Crippen molar-refractivity contribution in [2.45, 2.75) is 6.42 Å². The Morgan fingerprint density at radius 1 is 1.31 bits per heavy atom. The maximum Gasteiger partial charge on any atom is 0.336 e. The van der Waals surface area contributed by atoms with Gasteiger partial charge >= 0.3 is 5.63 Å². The van der Waals surface area contributed by atoms with Crippen LogP contribution < -0.4 is 10.4 Å². The molecule has 4 heteroatoms. The molecule has 0 bridgehead atoms. The van der Waals surface area contributed by atoms with Gasteiger partial charge in [-0.15, -0.1) is 0 Å². The summed E-state index contributed by atoms with van der Waals surface area (Å²) in [7, 11) is 1.51. The molecule has 0 saturated heterocycles. The molecule has 1 aromatic carbocycles. The summed E-state index contributed by atoms with van der Waals surface area (Å²) >= 11 is 0. The first-order valence-corrected chi connectivity index (χ1v) is 4.79. The van der Waals surface area contributed by atoms with Crippen LogP contribution in [0.25, 0.3) is 11.0 Å².